The zero-order chi connectivity index (χ0) is 13.0. The fraction of sp³-hybridized carbons (Fsp3) is 0.417. The molecule has 1 N–H and O–H groups in total. The number of benzene rings is 1. The number of hydrogen-bond donors (Lipinski definition) is 1. The summed E-state index contributed by atoms with van der Waals surface area (Å²) in [7, 11) is 4.32. The second-order valence-electron chi connectivity index (χ2n) is 3.49. The number of ether oxygens (including phenoxy) is 3. The minimum atomic E-state index is -0.340. The first kappa shape index (κ1) is 13.3. The summed E-state index contributed by atoms with van der Waals surface area (Å²) in [6.07, 6.45) is 0. The van der Waals surface area contributed by atoms with Crippen LogP contribution in [0.5, 0.6) is 17.2 Å². The molecular formula is C12H16O5. The quantitative estimate of drug-likeness (QED) is 0.791. The van der Waals surface area contributed by atoms with Crippen LogP contribution in [0.2, 0.25) is 0 Å². The van der Waals surface area contributed by atoms with Gasteiger partial charge in [0.15, 0.2) is 5.78 Å². The molecule has 1 aromatic carbocycles. The molecule has 94 valence electrons. The monoisotopic (exact) mass is 240 g/mol. The summed E-state index contributed by atoms with van der Waals surface area (Å²) < 4.78 is 14.9. The van der Waals surface area contributed by atoms with E-state index in [0.717, 1.165) is 0 Å². The highest BCUT2D eigenvalue weighted by atomic mass is 16.5. The van der Waals surface area contributed by atoms with Crippen LogP contribution in [0.25, 0.3) is 0 Å². The zero-order valence-corrected chi connectivity index (χ0v) is 10.4. The standard InChI is InChI=1S/C12H16O5/c1-7-9(16-3)5-10(17-4)11(12(7)14)8(13)6-15-2/h5,14H,6H2,1-4H3. The highest BCUT2D eigenvalue weighted by Gasteiger charge is 2.21. The summed E-state index contributed by atoms with van der Waals surface area (Å²) in [6.45, 7) is 1.55. The SMILES string of the molecule is COCC(=O)c1c(OC)cc(OC)c(C)c1O. The van der Waals surface area contributed by atoms with Gasteiger partial charge in [-0.15, -0.1) is 0 Å². The van der Waals surface area contributed by atoms with Gasteiger partial charge in [-0.25, -0.2) is 0 Å². The lowest BCUT2D eigenvalue weighted by atomic mass is 10.0. The number of carbonyl (C=O) groups excluding carboxylic acids is 1. The van der Waals surface area contributed by atoms with E-state index in [9.17, 15) is 9.90 Å². The van der Waals surface area contributed by atoms with Crippen LogP contribution in [0.4, 0.5) is 0 Å². The molecule has 0 aliphatic rings. The van der Waals surface area contributed by atoms with Crippen molar-refractivity contribution in [1.29, 1.82) is 0 Å². The maximum Gasteiger partial charge on any atom is 0.195 e. The number of ketones is 1. The Hall–Kier alpha value is -1.75. The molecule has 0 spiro atoms. The first-order valence-electron chi connectivity index (χ1n) is 5.03. The van der Waals surface area contributed by atoms with Gasteiger partial charge in [0, 0.05) is 18.7 Å². The predicted molar refractivity (Wildman–Crippen MR) is 62.2 cm³/mol. The molecule has 0 radical (unpaired) electrons. The number of phenols is 1. The van der Waals surface area contributed by atoms with Gasteiger partial charge in [0.05, 0.1) is 14.2 Å². The molecule has 0 heterocycles. The van der Waals surface area contributed by atoms with Gasteiger partial charge in [-0.1, -0.05) is 0 Å². The van der Waals surface area contributed by atoms with E-state index in [2.05, 4.69) is 0 Å². The van der Waals surface area contributed by atoms with Crippen molar-refractivity contribution in [3.05, 3.63) is 17.2 Å². The Kier molecular flexibility index (Phi) is 4.34. The maximum atomic E-state index is 11.8. The topological polar surface area (TPSA) is 65.0 Å². The van der Waals surface area contributed by atoms with E-state index >= 15 is 0 Å². The number of aromatic hydroxyl groups is 1. The third kappa shape index (κ3) is 2.50. The van der Waals surface area contributed by atoms with E-state index in [1.165, 1.54) is 21.3 Å². The minimum absolute atomic E-state index is 0.115. The maximum absolute atomic E-state index is 11.8. The van der Waals surface area contributed by atoms with Crippen molar-refractivity contribution in [3.8, 4) is 17.2 Å². The third-order valence-electron chi connectivity index (χ3n) is 2.46. The minimum Gasteiger partial charge on any atom is -0.507 e. The van der Waals surface area contributed by atoms with Crippen molar-refractivity contribution >= 4 is 5.78 Å². The molecule has 0 atom stereocenters. The van der Waals surface area contributed by atoms with Crippen molar-refractivity contribution in [2.24, 2.45) is 0 Å². The smallest absolute Gasteiger partial charge is 0.195 e. The second kappa shape index (κ2) is 5.54. The Bertz CT molecular complexity index is 425. The van der Waals surface area contributed by atoms with E-state index in [1.807, 2.05) is 0 Å². The molecule has 0 aliphatic heterocycles. The zero-order valence-electron chi connectivity index (χ0n) is 10.4. The Morgan fingerprint density at radius 3 is 2.29 bits per heavy atom. The molecule has 0 amide bonds. The van der Waals surface area contributed by atoms with E-state index in [4.69, 9.17) is 14.2 Å². The molecule has 0 unspecified atom stereocenters. The summed E-state index contributed by atoms with van der Waals surface area (Å²) in [5.74, 6) is 0.260. The lowest BCUT2D eigenvalue weighted by Gasteiger charge is -2.14. The molecule has 17 heavy (non-hydrogen) atoms. The summed E-state index contributed by atoms with van der Waals surface area (Å²) in [5.41, 5.74) is 0.611. The molecule has 5 heteroatoms. The Morgan fingerprint density at radius 2 is 1.82 bits per heavy atom. The van der Waals surface area contributed by atoms with Crippen LogP contribution in [0.3, 0.4) is 0 Å². The lowest BCUT2D eigenvalue weighted by Crippen LogP contribution is -2.10. The number of phenolic OH excluding ortho intramolecular Hbond substituents is 1. The molecule has 0 aliphatic carbocycles. The summed E-state index contributed by atoms with van der Waals surface area (Å²) >= 11 is 0. The fourth-order valence-corrected chi connectivity index (χ4v) is 1.57. The van der Waals surface area contributed by atoms with Crippen LogP contribution in [-0.2, 0) is 4.74 Å². The average Bonchev–Trinajstić information content (AvgIpc) is 2.32. The van der Waals surface area contributed by atoms with Gasteiger partial charge < -0.3 is 19.3 Å². The Balaban J connectivity index is 3.37. The van der Waals surface area contributed by atoms with E-state index < -0.39 is 0 Å². The highest BCUT2D eigenvalue weighted by Crippen LogP contribution is 2.37. The fourth-order valence-electron chi connectivity index (χ4n) is 1.57. The van der Waals surface area contributed by atoms with Crippen LogP contribution >= 0.6 is 0 Å². The Labute approximate surface area is 99.9 Å². The average molecular weight is 240 g/mol. The number of hydrogen-bond acceptors (Lipinski definition) is 5. The van der Waals surface area contributed by atoms with Crippen LogP contribution in [-0.4, -0.2) is 38.8 Å². The molecular weight excluding hydrogens is 224 g/mol. The van der Waals surface area contributed by atoms with E-state index in [-0.39, 0.29) is 29.5 Å². The van der Waals surface area contributed by atoms with Crippen LogP contribution in [0.1, 0.15) is 15.9 Å². The number of rotatable bonds is 5. The first-order valence-corrected chi connectivity index (χ1v) is 5.03. The van der Waals surface area contributed by atoms with Crippen LogP contribution in [0, 0.1) is 6.92 Å². The van der Waals surface area contributed by atoms with Crippen molar-refractivity contribution in [3.63, 3.8) is 0 Å². The lowest BCUT2D eigenvalue weighted by molar-refractivity contribution is 0.0842. The van der Waals surface area contributed by atoms with Crippen LogP contribution < -0.4 is 9.47 Å². The first-order chi connectivity index (χ1) is 8.06. The van der Waals surface area contributed by atoms with Gasteiger partial charge in [-0.2, -0.15) is 0 Å². The van der Waals surface area contributed by atoms with Gasteiger partial charge in [0.2, 0.25) is 0 Å². The van der Waals surface area contributed by atoms with Crippen molar-refractivity contribution in [2.75, 3.05) is 27.9 Å². The molecule has 5 nitrogen and oxygen atoms in total. The van der Waals surface area contributed by atoms with Gasteiger partial charge in [0.25, 0.3) is 0 Å². The van der Waals surface area contributed by atoms with Gasteiger partial charge in [-0.3, -0.25) is 4.79 Å². The highest BCUT2D eigenvalue weighted by molar-refractivity contribution is 6.02. The predicted octanol–water partition coefficient (Wildman–Crippen LogP) is 1.55. The van der Waals surface area contributed by atoms with Gasteiger partial charge in [0.1, 0.15) is 29.4 Å². The van der Waals surface area contributed by atoms with E-state index in [1.54, 1.807) is 13.0 Å². The Morgan fingerprint density at radius 1 is 1.24 bits per heavy atom. The molecule has 0 saturated carbocycles. The van der Waals surface area contributed by atoms with Crippen molar-refractivity contribution < 1.29 is 24.1 Å². The molecule has 0 fully saturated rings. The van der Waals surface area contributed by atoms with Crippen molar-refractivity contribution in [1.82, 2.24) is 0 Å². The summed E-state index contributed by atoms with van der Waals surface area (Å²) in [5, 5.41) is 9.98. The third-order valence-corrected chi connectivity index (χ3v) is 2.46. The summed E-state index contributed by atoms with van der Waals surface area (Å²) in [4.78, 5) is 11.8. The largest absolute Gasteiger partial charge is 0.507 e. The molecule has 1 aromatic rings. The molecule has 1 rings (SSSR count). The number of Topliss-reactive ketones (excluding diaryl/α,β-unsaturated/α-hetero) is 1. The van der Waals surface area contributed by atoms with Gasteiger partial charge in [-0.05, 0) is 6.92 Å². The van der Waals surface area contributed by atoms with E-state index in [0.29, 0.717) is 11.3 Å². The molecule has 0 saturated heterocycles. The summed E-state index contributed by atoms with van der Waals surface area (Å²) in [6, 6.07) is 1.57. The number of methoxy groups -OCH3 is 3. The molecule has 0 aromatic heterocycles. The molecule has 0 bridgehead atoms. The number of carbonyl (C=O) groups is 1. The normalized spacial score (nSPS) is 10.1. The van der Waals surface area contributed by atoms with Crippen LogP contribution in [0.15, 0.2) is 6.07 Å². The second-order valence-corrected chi connectivity index (χ2v) is 3.49. The van der Waals surface area contributed by atoms with Gasteiger partial charge >= 0.3 is 0 Å². The van der Waals surface area contributed by atoms with Crippen molar-refractivity contribution in [2.45, 2.75) is 6.92 Å².